The smallest absolute Gasteiger partial charge is 0.0578 e. The van der Waals surface area contributed by atoms with Gasteiger partial charge in [0.15, 0.2) is 0 Å². The van der Waals surface area contributed by atoms with Gasteiger partial charge in [-0.15, -0.1) is 0 Å². The molecule has 1 rings (SSSR count). The number of unbranched alkanes of at least 4 members (excludes halogenated alkanes) is 3. The van der Waals surface area contributed by atoms with Crippen molar-refractivity contribution in [1.82, 2.24) is 0 Å². The molecule has 0 aromatic rings. The lowest BCUT2D eigenvalue weighted by atomic mass is 10.0. The highest BCUT2D eigenvalue weighted by atomic mass is 16.5. The number of hydrogen-bond acceptors (Lipinski definition) is 1. The Balaban J connectivity index is 1.93. The monoisotopic (exact) mass is 170 g/mol. The highest BCUT2D eigenvalue weighted by molar-refractivity contribution is 4.69. The molecular weight excluding hydrogens is 148 g/mol. The topological polar surface area (TPSA) is 9.23 Å². The van der Waals surface area contributed by atoms with E-state index >= 15 is 0 Å². The number of hydrogen-bond donors (Lipinski definition) is 0. The quantitative estimate of drug-likeness (QED) is 0.575. The Labute approximate surface area is 76.5 Å². The number of ether oxygens (including phenoxy) is 1. The molecule has 0 radical (unpaired) electrons. The molecule has 1 aliphatic rings. The van der Waals surface area contributed by atoms with Crippen LogP contribution < -0.4 is 0 Å². The molecule has 0 amide bonds. The van der Waals surface area contributed by atoms with Gasteiger partial charge in [-0.1, -0.05) is 39.5 Å². The first-order chi connectivity index (χ1) is 5.83. The van der Waals surface area contributed by atoms with E-state index in [2.05, 4.69) is 13.8 Å². The summed E-state index contributed by atoms with van der Waals surface area (Å²) in [5, 5.41) is 0. The summed E-state index contributed by atoms with van der Waals surface area (Å²) in [5.41, 5.74) is 0. The molecule has 0 spiro atoms. The molecule has 1 fully saturated rings. The summed E-state index contributed by atoms with van der Waals surface area (Å²) in [5.74, 6) is 0.807. The van der Waals surface area contributed by atoms with E-state index in [0.29, 0.717) is 6.10 Å². The maximum atomic E-state index is 5.65. The number of rotatable bonds is 5. The average molecular weight is 170 g/mol. The Morgan fingerprint density at radius 1 is 1.25 bits per heavy atom. The molecule has 1 saturated heterocycles. The second-order valence-corrected chi connectivity index (χ2v) is 4.15. The molecule has 1 aliphatic heterocycles. The molecule has 1 heteroatoms. The molecular formula is C11H22O. The molecule has 0 aliphatic carbocycles. The molecule has 12 heavy (non-hydrogen) atoms. The summed E-state index contributed by atoms with van der Waals surface area (Å²) < 4.78 is 5.65. The Hall–Kier alpha value is -0.0400. The van der Waals surface area contributed by atoms with Crippen LogP contribution in [0, 0.1) is 5.92 Å². The second kappa shape index (κ2) is 5.58. The van der Waals surface area contributed by atoms with E-state index in [1.807, 2.05) is 0 Å². The normalized spacial score (nSPS) is 29.5. The molecule has 1 nitrogen and oxygen atoms in total. The van der Waals surface area contributed by atoms with E-state index in [1.165, 1.54) is 38.5 Å². The van der Waals surface area contributed by atoms with Gasteiger partial charge >= 0.3 is 0 Å². The van der Waals surface area contributed by atoms with Crippen molar-refractivity contribution in [2.75, 3.05) is 6.61 Å². The Morgan fingerprint density at radius 2 is 2.08 bits per heavy atom. The SMILES string of the molecule is CCCCCC[C@H]1C[C@@H](C)CO1. The summed E-state index contributed by atoms with van der Waals surface area (Å²) in [6.45, 7) is 5.54. The van der Waals surface area contributed by atoms with Gasteiger partial charge < -0.3 is 4.74 Å². The van der Waals surface area contributed by atoms with Crippen LogP contribution in [0.4, 0.5) is 0 Å². The van der Waals surface area contributed by atoms with E-state index in [0.717, 1.165) is 12.5 Å². The van der Waals surface area contributed by atoms with Crippen LogP contribution in [0.5, 0.6) is 0 Å². The second-order valence-electron chi connectivity index (χ2n) is 4.15. The first-order valence-electron chi connectivity index (χ1n) is 5.44. The highest BCUT2D eigenvalue weighted by Gasteiger charge is 2.20. The average Bonchev–Trinajstić information content (AvgIpc) is 2.45. The van der Waals surface area contributed by atoms with Crippen molar-refractivity contribution in [3.05, 3.63) is 0 Å². The van der Waals surface area contributed by atoms with E-state index < -0.39 is 0 Å². The van der Waals surface area contributed by atoms with Gasteiger partial charge in [0.25, 0.3) is 0 Å². The fourth-order valence-electron chi connectivity index (χ4n) is 1.89. The zero-order valence-electron chi connectivity index (χ0n) is 8.51. The molecule has 2 atom stereocenters. The van der Waals surface area contributed by atoms with Crippen molar-refractivity contribution in [2.45, 2.75) is 58.5 Å². The Bertz CT molecular complexity index is 112. The third-order valence-electron chi connectivity index (χ3n) is 2.66. The minimum absolute atomic E-state index is 0.594. The fraction of sp³-hybridized carbons (Fsp3) is 1.00. The van der Waals surface area contributed by atoms with Gasteiger partial charge in [-0.25, -0.2) is 0 Å². The highest BCUT2D eigenvalue weighted by Crippen LogP contribution is 2.22. The van der Waals surface area contributed by atoms with Crippen LogP contribution in [-0.4, -0.2) is 12.7 Å². The molecule has 0 bridgehead atoms. The molecule has 0 aromatic heterocycles. The van der Waals surface area contributed by atoms with E-state index in [4.69, 9.17) is 4.74 Å². The lowest BCUT2D eigenvalue weighted by Gasteiger charge is -2.07. The standard InChI is InChI=1S/C11H22O/c1-3-4-5-6-7-11-8-10(2)9-12-11/h10-11H,3-9H2,1-2H3/t10-,11+/m1/s1. The Morgan fingerprint density at radius 3 is 2.67 bits per heavy atom. The summed E-state index contributed by atoms with van der Waals surface area (Å²) in [7, 11) is 0. The van der Waals surface area contributed by atoms with Gasteiger partial charge in [-0.05, 0) is 18.8 Å². The predicted octanol–water partition coefficient (Wildman–Crippen LogP) is 3.38. The summed E-state index contributed by atoms with van der Waals surface area (Å²) in [6.07, 6.45) is 8.67. The van der Waals surface area contributed by atoms with Crippen LogP contribution in [0.1, 0.15) is 52.4 Å². The van der Waals surface area contributed by atoms with Gasteiger partial charge in [0.1, 0.15) is 0 Å². The lowest BCUT2D eigenvalue weighted by molar-refractivity contribution is 0.0986. The van der Waals surface area contributed by atoms with E-state index in [-0.39, 0.29) is 0 Å². The maximum Gasteiger partial charge on any atom is 0.0578 e. The maximum absolute atomic E-state index is 5.65. The van der Waals surface area contributed by atoms with Gasteiger partial charge in [-0.3, -0.25) is 0 Å². The summed E-state index contributed by atoms with van der Waals surface area (Å²) in [6, 6.07) is 0. The molecule has 0 saturated carbocycles. The van der Waals surface area contributed by atoms with Crippen LogP contribution >= 0.6 is 0 Å². The van der Waals surface area contributed by atoms with Gasteiger partial charge in [0.2, 0.25) is 0 Å². The largest absolute Gasteiger partial charge is 0.378 e. The Kier molecular flexibility index (Phi) is 4.67. The summed E-state index contributed by atoms with van der Waals surface area (Å²) >= 11 is 0. The lowest BCUT2D eigenvalue weighted by Crippen LogP contribution is -2.04. The zero-order valence-corrected chi connectivity index (χ0v) is 8.51. The van der Waals surface area contributed by atoms with Crippen molar-refractivity contribution >= 4 is 0 Å². The van der Waals surface area contributed by atoms with Crippen molar-refractivity contribution in [3.63, 3.8) is 0 Å². The summed E-state index contributed by atoms with van der Waals surface area (Å²) in [4.78, 5) is 0. The first kappa shape index (κ1) is 10.0. The first-order valence-corrected chi connectivity index (χ1v) is 5.44. The third kappa shape index (κ3) is 3.57. The fourth-order valence-corrected chi connectivity index (χ4v) is 1.89. The van der Waals surface area contributed by atoms with Crippen molar-refractivity contribution in [1.29, 1.82) is 0 Å². The predicted molar refractivity (Wildman–Crippen MR) is 52.3 cm³/mol. The third-order valence-corrected chi connectivity index (χ3v) is 2.66. The zero-order chi connectivity index (χ0) is 8.81. The van der Waals surface area contributed by atoms with Crippen LogP contribution in [0.15, 0.2) is 0 Å². The van der Waals surface area contributed by atoms with Gasteiger partial charge in [-0.2, -0.15) is 0 Å². The van der Waals surface area contributed by atoms with Gasteiger partial charge in [0, 0.05) is 6.61 Å². The minimum Gasteiger partial charge on any atom is -0.378 e. The minimum atomic E-state index is 0.594. The van der Waals surface area contributed by atoms with E-state index in [1.54, 1.807) is 0 Å². The van der Waals surface area contributed by atoms with Crippen LogP contribution in [0.3, 0.4) is 0 Å². The molecule has 1 heterocycles. The van der Waals surface area contributed by atoms with Crippen molar-refractivity contribution < 1.29 is 4.74 Å². The van der Waals surface area contributed by atoms with Crippen LogP contribution in [0.2, 0.25) is 0 Å². The van der Waals surface area contributed by atoms with Crippen molar-refractivity contribution in [2.24, 2.45) is 5.92 Å². The molecule has 0 aromatic carbocycles. The molecule has 0 N–H and O–H groups in total. The van der Waals surface area contributed by atoms with Crippen LogP contribution in [-0.2, 0) is 4.74 Å². The molecule has 0 unspecified atom stereocenters. The van der Waals surface area contributed by atoms with Crippen molar-refractivity contribution in [3.8, 4) is 0 Å². The van der Waals surface area contributed by atoms with Crippen LogP contribution in [0.25, 0.3) is 0 Å². The molecule has 72 valence electrons. The van der Waals surface area contributed by atoms with E-state index in [9.17, 15) is 0 Å². The van der Waals surface area contributed by atoms with Gasteiger partial charge in [0.05, 0.1) is 6.10 Å².